The predicted octanol–water partition coefficient (Wildman–Crippen LogP) is 4.10. The first kappa shape index (κ1) is 24.5. The van der Waals surface area contributed by atoms with Crippen LogP contribution in [0.15, 0.2) is 36.7 Å². The zero-order valence-corrected chi connectivity index (χ0v) is 16.8. The molecule has 1 rings (SSSR count). The van der Waals surface area contributed by atoms with Gasteiger partial charge >= 0.3 is 5.97 Å². The Balaban J connectivity index is 2.47. The Morgan fingerprint density at radius 1 is 1.25 bits per heavy atom. The van der Waals surface area contributed by atoms with Crippen molar-refractivity contribution in [3.8, 4) is 0 Å². The lowest BCUT2D eigenvalue weighted by Gasteiger charge is -2.21. The van der Waals surface area contributed by atoms with Crippen molar-refractivity contribution in [3.63, 3.8) is 0 Å². The molecule has 0 radical (unpaired) electrons. The lowest BCUT2D eigenvalue weighted by Crippen LogP contribution is -2.49. The van der Waals surface area contributed by atoms with Crippen LogP contribution in [-0.4, -0.2) is 38.3 Å². The molecule has 28 heavy (non-hydrogen) atoms. The fourth-order valence-electron chi connectivity index (χ4n) is 3.69. The number of aliphatic hydroxyl groups excluding tert-OH is 1. The van der Waals surface area contributed by atoms with Crippen LogP contribution in [-0.2, 0) is 4.79 Å². The van der Waals surface area contributed by atoms with Gasteiger partial charge < -0.3 is 20.4 Å². The summed E-state index contributed by atoms with van der Waals surface area (Å²) in [4.78, 5) is 10.7. The molecule has 4 atom stereocenters. The normalized spacial score (nSPS) is 22.8. The first-order chi connectivity index (χ1) is 13.2. The molecule has 0 spiro atoms. The van der Waals surface area contributed by atoms with Crippen molar-refractivity contribution in [2.75, 3.05) is 0 Å². The van der Waals surface area contributed by atoms with Crippen molar-refractivity contribution in [1.82, 2.24) is 0 Å². The Labute approximate surface area is 167 Å². The molecule has 160 valence electrons. The number of halogens is 1. The molecule has 0 aliphatic heterocycles. The van der Waals surface area contributed by atoms with Crippen LogP contribution in [0.4, 0.5) is 4.39 Å². The van der Waals surface area contributed by atoms with E-state index in [4.69, 9.17) is 5.11 Å². The van der Waals surface area contributed by atoms with Gasteiger partial charge in [-0.25, -0.2) is 9.18 Å². The van der Waals surface area contributed by atoms with E-state index in [1.54, 1.807) is 6.08 Å². The molecule has 0 saturated heterocycles. The number of carboxylic acids is 1. The van der Waals surface area contributed by atoms with E-state index in [9.17, 15) is 24.5 Å². The molecular formula is C22H35FO5. The highest BCUT2D eigenvalue weighted by molar-refractivity contribution is 5.75. The number of allylic oxidation sites excluding steroid dienone is 4. The van der Waals surface area contributed by atoms with Crippen LogP contribution in [0.3, 0.4) is 0 Å². The number of carboxylic acid groups (broad SMARTS) is 1. The summed E-state index contributed by atoms with van der Waals surface area (Å²) >= 11 is 0. The molecule has 4 N–H and O–H groups in total. The van der Waals surface area contributed by atoms with Crippen LogP contribution in [0.1, 0.15) is 64.7 Å². The summed E-state index contributed by atoms with van der Waals surface area (Å²) < 4.78 is 13.5. The van der Waals surface area contributed by atoms with Crippen LogP contribution >= 0.6 is 0 Å². The van der Waals surface area contributed by atoms with Gasteiger partial charge in [0.05, 0.1) is 5.83 Å². The summed E-state index contributed by atoms with van der Waals surface area (Å²) in [6.07, 6.45) is 13.3. The molecule has 1 aliphatic carbocycles. The van der Waals surface area contributed by atoms with Crippen molar-refractivity contribution in [2.45, 2.75) is 76.6 Å². The highest BCUT2D eigenvalue weighted by Gasteiger charge is 2.40. The minimum atomic E-state index is -3.14. The largest absolute Gasteiger partial charge is 0.477 e. The van der Waals surface area contributed by atoms with Crippen LogP contribution in [0.2, 0.25) is 0 Å². The van der Waals surface area contributed by atoms with Gasteiger partial charge in [0.1, 0.15) is 6.10 Å². The molecule has 0 aromatic heterocycles. The summed E-state index contributed by atoms with van der Waals surface area (Å²) in [7, 11) is 0. The van der Waals surface area contributed by atoms with E-state index < -0.39 is 17.9 Å². The number of unbranched alkanes of at least 4 members (excludes halogenated alkanes) is 1. The summed E-state index contributed by atoms with van der Waals surface area (Å²) in [5, 5.41) is 36.8. The van der Waals surface area contributed by atoms with Gasteiger partial charge in [-0.15, -0.1) is 0 Å². The van der Waals surface area contributed by atoms with Gasteiger partial charge in [-0.05, 0) is 50.4 Å². The molecule has 0 aromatic carbocycles. The SMILES string of the molecule is C=C(F)[C@H](CC=C[C@H]1CCC[C@@H]1CC=CCC(O)C(O)(O)C(=O)O)CCCC. The van der Waals surface area contributed by atoms with E-state index in [2.05, 4.69) is 25.7 Å². The Morgan fingerprint density at radius 3 is 2.57 bits per heavy atom. The van der Waals surface area contributed by atoms with Gasteiger partial charge in [0.15, 0.2) is 0 Å². The van der Waals surface area contributed by atoms with Crippen molar-refractivity contribution in [3.05, 3.63) is 36.7 Å². The maximum absolute atomic E-state index is 13.5. The lowest BCUT2D eigenvalue weighted by atomic mass is 9.90. The van der Waals surface area contributed by atoms with Crippen LogP contribution in [0, 0.1) is 17.8 Å². The fourth-order valence-corrected chi connectivity index (χ4v) is 3.69. The molecule has 0 heterocycles. The molecule has 0 aromatic rings. The smallest absolute Gasteiger partial charge is 0.366 e. The molecule has 5 nitrogen and oxygen atoms in total. The summed E-state index contributed by atoms with van der Waals surface area (Å²) in [6.45, 7) is 5.55. The van der Waals surface area contributed by atoms with Crippen LogP contribution in [0.5, 0.6) is 0 Å². The zero-order valence-electron chi connectivity index (χ0n) is 16.8. The third-order valence-corrected chi connectivity index (χ3v) is 5.62. The van der Waals surface area contributed by atoms with Gasteiger partial charge in [0.25, 0.3) is 5.79 Å². The first-order valence-corrected chi connectivity index (χ1v) is 10.2. The lowest BCUT2D eigenvalue weighted by molar-refractivity contribution is -0.235. The van der Waals surface area contributed by atoms with E-state index in [1.165, 1.54) is 0 Å². The second-order valence-corrected chi connectivity index (χ2v) is 7.79. The quantitative estimate of drug-likeness (QED) is 0.277. The third kappa shape index (κ3) is 7.86. The van der Waals surface area contributed by atoms with Crippen molar-refractivity contribution in [2.24, 2.45) is 17.8 Å². The Kier molecular flexibility index (Phi) is 10.6. The van der Waals surface area contributed by atoms with Gasteiger partial charge in [0, 0.05) is 5.92 Å². The minimum absolute atomic E-state index is 0.107. The molecule has 6 heteroatoms. The monoisotopic (exact) mass is 398 g/mol. The summed E-state index contributed by atoms with van der Waals surface area (Å²) in [5.74, 6) is -4.50. The first-order valence-electron chi connectivity index (χ1n) is 10.2. The molecule has 1 aliphatic rings. The molecule has 0 amide bonds. The average Bonchev–Trinajstić information content (AvgIpc) is 3.08. The van der Waals surface area contributed by atoms with Crippen LogP contribution < -0.4 is 0 Å². The second kappa shape index (κ2) is 12.1. The average molecular weight is 399 g/mol. The number of aliphatic hydroxyl groups is 3. The minimum Gasteiger partial charge on any atom is -0.477 e. The van der Waals surface area contributed by atoms with Gasteiger partial charge in [0.2, 0.25) is 0 Å². The van der Waals surface area contributed by atoms with E-state index in [1.807, 2.05) is 6.08 Å². The highest BCUT2D eigenvalue weighted by Crippen LogP contribution is 2.36. The van der Waals surface area contributed by atoms with Crippen molar-refractivity contribution < 1.29 is 29.6 Å². The number of rotatable bonds is 13. The van der Waals surface area contributed by atoms with E-state index in [-0.39, 0.29) is 18.2 Å². The topological polar surface area (TPSA) is 98.0 Å². The summed E-state index contributed by atoms with van der Waals surface area (Å²) in [5.41, 5.74) is 0. The number of aliphatic carboxylic acids is 1. The Bertz CT molecular complexity index is 555. The maximum atomic E-state index is 13.5. The van der Waals surface area contributed by atoms with E-state index in [0.29, 0.717) is 18.3 Å². The molecule has 0 bridgehead atoms. The maximum Gasteiger partial charge on any atom is 0.366 e. The molecule has 1 unspecified atom stereocenters. The van der Waals surface area contributed by atoms with E-state index >= 15 is 0 Å². The number of hydrogen-bond donors (Lipinski definition) is 4. The zero-order chi connectivity index (χ0) is 21.2. The molecular weight excluding hydrogens is 363 g/mol. The fraction of sp³-hybridized carbons (Fsp3) is 0.682. The Morgan fingerprint density at radius 2 is 1.96 bits per heavy atom. The van der Waals surface area contributed by atoms with E-state index in [0.717, 1.165) is 44.9 Å². The third-order valence-electron chi connectivity index (χ3n) is 5.62. The highest BCUT2D eigenvalue weighted by atomic mass is 19.1. The standard InChI is InChI=1S/C22H35FO5/c1-3-4-9-17(16(2)23)11-7-12-19-14-8-13-18(19)10-5-6-15-20(24)22(27,28)21(25)26/h5-7,12,17-20,24,27-28H,2-4,8-11,13-15H2,1H3,(H,25,26)/t17-,18-,19-,20?/m0/s1. The molecule has 1 fully saturated rings. The second-order valence-electron chi connectivity index (χ2n) is 7.79. The van der Waals surface area contributed by atoms with Gasteiger partial charge in [-0.1, -0.05) is 57.1 Å². The number of hydrogen-bond acceptors (Lipinski definition) is 4. The summed E-state index contributed by atoms with van der Waals surface area (Å²) in [6, 6.07) is 0. The number of carbonyl (C=O) groups is 1. The van der Waals surface area contributed by atoms with Gasteiger partial charge in [-0.3, -0.25) is 0 Å². The predicted molar refractivity (Wildman–Crippen MR) is 107 cm³/mol. The van der Waals surface area contributed by atoms with Crippen molar-refractivity contribution >= 4 is 5.97 Å². The molecule has 1 saturated carbocycles. The van der Waals surface area contributed by atoms with Crippen molar-refractivity contribution in [1.29, 1.82) is 0 Å². The van der Waals surface area contributed by atoms with Crippen LogP contribution in [0.25, 0.3) is 0 Å². The Hall–Kier alpha value is -1.50. The van der Waals surface area contributed by atoms with Gasteiger partial charge in [-0.2, -0.15) is 0 Å².